The lowest BCUT2D eigenvalue weighted by molar-refractivity contribution is -0.238. The van der Waals surface area contributed by atoms with Crippen LogP contribution < -0.4 is 10.1 Å². The van der Waals surface area contributed by atoms with Gasteiger partial charge in [0, 0.05) is 11.6 Å². The second kappa shape index (κ2) is 9.47. The van der Waals surface area contributed by atoms with Gasteiger partial charge in [-0.25, -0.2) is 0 Å². The van der Waals surface area contributed by atoms with E-state index in [0.29, 0.717) is 6.92 Å². The van der Waals surface area contributed by atoms with E-state index >= 15 is 0 Å². The van der Waals surface area contributed by atoms with E-state index in [4.69, 9.17) is 9.47 Å². The number of amides is 1. The molecular formula is C24H22F3NO10. The van der Waals surface area contributed by atoms with Crippen molar-refractivity contribution >= 4 is 17.8 Å². The van der Waals surface area contributed by atoms with Crippen LogP contribution in [0.2, 0.25) is 0 Å². The molecule has 2 heterocycles. The monoisotopic (exact) mass is 541 g/mol. The Morgan fingerprint density at radius 3 is 2.45 bits per heavy atom. The summed E-state index contributed by atoms with van der Waals surface area (Å²) in [5.41, 5.74) is -2.95. The molecular weight excluding hydrogens is 519 g/mol. The number of carbonyl (C=O) groups excluding carboxylic acids is 2. The zero-order valence-electron chi connectivity index (χ0n) is 19.4. The van der Waals surface area contributed by atoms with Crippen molar-refractivity contribution in [3.05, 3.63) is 52.8 Å². The van der Waals surface area contributed by atoms with Crippen molar-refractivity contribution in [1.29, 1.82) is 0 Å². The number of phenols is 3. The molecule has 0 radical (unpaired) electrons. The minimum Gasteiger partial charge on any atom is -0.507 e. The van der Waals surface area contributed by atoms with Crippen LogP contribution in [-0.2, 0) is 15.1 Å². The average molecular weight is 541 g/mol. The maximum atomic E-state index is 12.9. The van der Waals surface area contributed by atoms with E-state index < -0.39 is 71.5 Å². The number of halogens is 3. The number of fused-ring (bicyclic) bond motifs is 1. The Balaban J connectivity index is 1.59. The van der Waals surface area contributed by atoms with Crippen LogP contribution in [0, 0.1) is 0 Å². The number of hydrogen-bond acceptors (Lipinski definition) is 10. The maximum absolute atomic E-state index is 12.9. The molecule has 0 spiro atoms. The first-order chi connectivity index (χ1) is 17.6. The molecule has 14 heteroatoms. The van der Waals surface area contributed by atoms with E-state index in [1.54, 1.807) is 5.32 Å². The summed E-state index contributed by atoms with van der Waals surface area (Å²) in [6, 6.07) is 3.37. The van der Waals surface area contributed by atoms with Crippen LogP contribution in [-0.4, -0.2) is 79.5 Å². The van der Waals surface area contributed by atoms with Gasteiger partial charge in [-0.05, 0) is 36.8 Å². The Kier molecular flexibility index (Phi) is 6.78. The van der Waals surface area contributed by atoms with Gasteiger partial charge in [0.1, 0.15) is 35.3 Å². The Hall–Kier alpha value is -3.85. The van der Waals surface area contributed by atoms with E-state index in [9.17, 15) is 53.4 Å². The SMILES string of the molecule is CC(NC(=O)C1OCC(O)(c2cc3c(cc2O)O/C(=C\c2ccc(O)c(O)c2)C3=O)C(O)C1O)C(F)(F)F. The van der Waals surface area contributed by atoms with Crippen LogP contribution in [0.25, 0.3) is 6.08 Å². The van der Waals surface area contributed by atoms with Gasteiger partial charge in [0.15, 0.2) is 23.4 Å². The average Bonchev–Trinajstić information content (AvgIpc) is 3.12. The highest BCUT2D eigenvalue weighted by Crippen LogP contribution is 2.44. The largest absolute Gasteiger partial charge is 0.507 e. The minimum absolute atomic E-state index is 0.126. The number of ether oxygens (including phenoxy) is 2. The molecule has 1 fully saturated rings. The zero-order valence-corrected chi connectivity index (χ0v) is 19.4. The number of rotatable bonds is 4. The second-order valence-corrected chi connectivity index (χ2v) is 8.92. The zero-order chi connectivity index (χ0) is 28.2. The molecule has 38 heavy (non-hydrogen) atoms. The lowest BCUT2D eigenvalue weighted by Crippen LogP contribution is -2.63. The molecule has 0 bridgehead atoms. The van der Waals surface area contributed by atoms with Crippen molar-refractivity contribution < 1.29 is 62.9 Å². The number of alkyl halides is 3. The third-order valence-corrected chi connectivity index (χ3v) is 6.26. The number of allylic oxidation sites excluding steroid dienone is 1. The van der Waals surface area contributed by atoms with Crippen molar-refractivity contribution in [2.24, 2.45) is 0 Å². The maximum Gasteiger partial charge on any atom is 0.408 e. The van der Waals surface area contributed by atoms with E-state index in [1.807, 2.05) is 0 Å². The molecule has 4 rings (SSSR count). The summed E-state index contributed by atoms with van der Waals surface area (Å²) in [6.07, 6.45) is -9.97. The van der Waals surface area contributed by atoms with Crippen molar-refractivity contribution in [3.8, 4) is 23.0 Å². The number of aromatic hydroxyl groups is 3. The molecule has 204 valence electrons. The normalized spacial score (nSPS) is 27.1. The van der Waals surface area contributed by atoms with E-state index in [2.05, 4.69) is 0 Å². The van der Waals surface area contributed by atoms with Crippen LogP contribution in [0.15, 0.2) is 36.1 Å². The number of ketones is 1. The number of aliphatic hydroxyl groups excluding tert-OH is 2. The number of benzene rings is 2. The summed E-state index contributed by atoms with van der Waals surface area (Å²) >= 11 is 0. The quantitative estimate of drug-likeness (QED) is 0.216. The van der Waals surface area contributed by atoms with Gasteiger partial charge in [0.25, 0.3) is 5.91 Å². The van der Waals surface area contributed by atoms with Crippen molar-refractivity contribution in [3.63, 3.8) is 0 Å². The van der Waals surface area contributed by atoms with E-state index in [0.717, 1.165) is 18.2 Å². The Bertz CT molecular complexity index is 1330. The minimum atomic E-state index is -4.78. The standard InChI is InChI=1S/C24H22F3NO10/c1-9(24(25,26)27)28-22(35)20-19(33)21(34)23(36,8-37-20)12-6-11-16(7-14(12)30)38-17(18(11)32)5-10-2-3-13(29)15(31)4-10/h2-7,9,19-21,29-31,33-34,36H,8H2,1H3,(H,28,35)/b17-5-. The first-order valence-electron chi connectivity index (χ1n) is 11.0. The first-order valence-corrected chi connectivity index (χ1v) is 11.0. The summed E-state index contributed by atoms with van der Waals surface area (Å²) < 4.78 is 48.9. The fraction of sp³-hybridized carbons (Fsp3) is 0.333. The third kappa shape index (κ3) is 4.74. The van der Waals surface area contributed by atoms with Gasteiger partial charge in [0.2, 0.25) is 5.78 Å². The molecule has 0 aliphatic carbocycles. The van der Waals surface area contributed by atoms with Gasteiger partial charge in [-0.3, -0.25) is 9.59 Å². The molecule has 11 nitrogen and oxygen atoms in total. The number of hydrogen-bond donors (Lipinski definition) is 7. The molecule has 5 unspecified atom stereocenters. The summed E-state index contributed by atoms with van der Waals surface area (Å²) in [5.74, 6) is -4.01. The number of phenolic OH excluding ortho intramolecular Hbond substituents is 3. The number of Topliss-reactive ketones (excluding diaryl/α,β-unsaturated/α-hetero) is 1. The fourth-order valence-electron chi connectivity index (χ4n) is 4.05. The van der Waals surface area contributed by atoms with Crippen molar-refractivity contribution in [2.75, 3.05) is 6.61 Å². The highest BCUT2D eigenvalue weighted by molar-refractivity contribution is 6.14. The van der Waals surface area contributed by atoms with Crippen LogP contribution >= 0.6 is 0 Å². The summed E-state index contributed by atoms with van der Waals surface area (Å²) in [4.78, 5) is 25.1. The molecule has 2 aromatic carbocycles. The molecule has 0 saturated carbocycles. The molecule has 0 aromatic heterocycles. The van der Waals surface area contributed by atoms with Crippen LogP contribution in [0.3, 0.4) is 0 Å². The fourth-order valence-corrected chi connectivity index (χ4v) is 4.05. The van der Waals surface area contributed by atoms with Crippen LogP contribution in [0.5, 0.6) is 23.0 Å². The number of aliphatic hydroxyl groups is 3. The molecule has 1 saturated heterocycles. The second-order valence-electron chi connectivity index (χ2n) is 8.92. The summed E-state index contributed by atoms with van der Waals surface area (Å²) in [6.45, 7) is -0.283. The Labute approximate surface area is 212 Å². The number of nitrogens with one attached hydrogen (secondary N) is 1. The third-order valence-electron chi connectivity index (χ3n) is 6.26. The van der Waals surface area contributed by atoms with Gasteiger partial charge >= 0.3 is 6.18 Å². The van der Waals surface area contributed by atoms with E-state index in [1.165, 1.54) is 18.2 Å². The van der Waals surface area contributed by atoms with Crippen molar-refractivity contribution in [1.82, 2.24) is 5.32 Å². The molecule has 2 aromatic rings. The topological polar surface area (TPSA) is 186 Å². The molecule has 5 atom stereocenters. The molecule has 7 N–H and O–H groups in total. The van der Waals surface area contributed by atoms with Gasteiger partial charge in [-0.1, -0.05) is 6.07 Å². The first kappa shape index (κ1) is 27.2. The summed E-state index contributed by atoms with van der Waals surface area (Å²) in [5, 5.41) is 63.4. The van der Waals surface area contributed by atoms with Gasteiger partial charge in [-0.15, -0.1) is 0 Å². The van der Waals surface area contributed by atoms with Crippen LogP contribution in [0.1, 0.15) is 28.4 Å². The summed E-state index contributed by atoms with van der Waals surface area (Å²) in [7, 11) is 0. The Morgan fingerprint density at radius 2 is 1.82 bits per heavy atom. The lowest BCUT2D eigenvalue weighted by Gasteiger charge is -2.43. The lowest BCUT2D eigenvalue weighted by atomic mass is 9.80. The highest BCUT2D eigenvalue weighted by Gasteiger charge is 2.53. The highest BCUT2D eigenvalue weighted by atomic mass is 19.4. The molecule has 2 aliphatic rings. The molecule has 2 aliphatic heterocycles. The van der Waals surface area contributed by atoms with Crippen LogP contribution in [0.4, 0.5) is 13.2 Å². The van der Waals surface area contributed by atoms with Gasteiger partial charge in [0.05, 0.1) is 12.2 Å². The van der Waals surface area contributed by atoms with E-state index in [-0.39, 0.29) is 28.4 Å². The van der Waals surface area contributed by atoms with Gasteiger partial charge < -0.3 is 45.4 Å². The Morgan fingerprint density at radius 1 is 1.13 bits per heavy atom. The van der Waals surface area contributed by atoms with Gasteiger partial charge in [-0.2, -0.15) is 13.2 Å². The number of carbonyl (C=O) groups is 2. The smallest absolute Gasteiger partial charge is 0.408 e. The predicted octanol–water partition coefficient (Wildman–Crippen LogP) is 0.795. The molecule has 1 amide bonds. The predicted molar refractivity (Wildman–Crippen MR) is 120 cm³/mol. The van der Waals surface area contributed by atoms with Crippen molar-refractivity contribution in [2.45, 2.75) is 43.1 Å².